The van der Waals surface area contributed by atoms with Crippen molar-refractivity contribution < 1.29 is 9.90 Å². The molecule has 2 rings (SSSR count). The molecule has 1 heterocycles. The molecule has 2 aromatic rings. The van der Waals surface area contributed by atoms with Gasteiger partial charge in [0.1, 0.15) is 11.3 Å². The van der Waals surface area contributed by atoms with Crippen molar-refractivity contribution in [2.75, 3.05) is 14.1 Å². The zero-order valence-electron chi connectivity index (χ0n) is 9.43. The van der Waals surface area contributed by atoms with Gasteiger partial charge < -0.3 is 14.6 Å². The fraction of sp³-hybridized carbons (Fsp3) is 0.273. The third-order valence-electron chi connectivity index (χ3n) is 2.46. The van der Waals surface area contributed by atoms with Crippen molar-refractivity contribution in [3.05, 3.63) is 24.0 Å². The molecule has 5 nitrogen and oxygen atoms in total. The van der Waals surface area contributed by atoms with Gasteiger partial charge in [-0.25, -0.2) is 4.98 Å². The highest BCUT2D eigenvalue weighted by Crippen LogP contribution is 2.25. The van der Waals surface area contributed by atoms with Gasteiger partial charge in [0.2, 0.25) is 0 Å². The number of rotatable bonds is 1. The number of imidazole rings is 1. The average Bonchev–Trinajstić information content (AvgIpc) is 2.60. The van der Waals surface area contributed by atoms with Crippen LogP contribution in [-0.4, -0.2) is 39.6 Å². The minimum absolute atomic E-state index is 0.0308. The standard InChI is InChI=1S/C11H13N3O2/c1-13(2)11(16)7-4-8-10(9(15)5-7)12-6-14(8)3/h4-6,15H,1-3H3. The number of amides is 1. The second-order valence-electron chi connectivity index (χ2n) is 3.92. The van der Waals surface area contributed by atoms with E-state index in [0.29, 0.717) is 11.1 Å². The zero-order valence-corrected chi connectivity index (χ0v) is 9.43. The van der Waals surface area contributed by atoms with E-state index in [-0.39, 0.29) is 11.7 Å². The maximum absolute atomic E-state index is 11.8. The Bertz CT molecular complexity index is 558. The monoisotopic (exact) mass is 219 g/mol. The quantitative estimate of drug-likeness (QED) is 0.777. The molecule has 0 fully saturated rings. The normalized spacial score (nSPS) is 10.7. The third-order valence-corrected chi connectivity index (χ3v) is 2.46. The largest absolute Gasteiger partial charge is 0.506 e. The van der Waals surface area contributed by atoms with E-state index < -0.39 is 0 Å². The smallest absolute Gasteiger partial charge is 0.253 e. The Morgan fingerprint density at radius 1 is 1.44 bits per heavy atom. The summed E-state index contributed by atoms with van der Waals surface area (Å²) in [5.41, 5.74) is 1.71. The number of benzene rings is 1. The number of hydrogen-bond acceptors (Lipinski definition) is 3. The summed E-state index contributed by atoms with van der Waals surface area (Å²) in [5.74, 6) is -0.110. The van der Waals surface area contributed by atoms with Crippen LogP contribution in [0, 0.1) is 0 Å². The van der Waals surface area contributed by atoms with E-state index in [1.165, 1.54) is 11.0 Å². The molecule has 1 aromatic heterocycles. The van der Waals surface area contributed by atoms with Crippen LogP contribution in [0.5, 0.6) is 5.75 Å². The Morgan fingerprint density at radius 2 is 2.12 bits per heavy atom. The van der Waals surface area contributed by atoms with E-state index in [1.54, 1.807) is 31.1 Å². The van der Waals surface area contributed by atoms with E-state index >= 15 is 0 Å². The van der Waals surface area contributed by atoms with E-state index in [4.69, 9.17) is 0 Å². The molecule has 0 unspecified atom stereocenters. The lowest BCUT2D eigenvalue weighted by atomic mass is 10.1. The number of carbonyl (C=O) groups is 1. The molecule has 0 saturated heterocycles. The Kier molecular flexibility index (Phi) is 2.30. The summed E-state index contributed by atoms with van der Waals surface area (Å²) in [6.07, 6.45) is 1.61. The predicted octanol–water partition coefficient (Wildman–Crippen LogP) is 0.981. The summed E-state index contributed by atoms with van der Waals surface area (Å²) in [7, 11) is 5.17. The van der Waals surface area contributed by atoms with Crippen LogP contribution < -0.4 is 0 Å². The second-order valence-corrected chi connectivity index (χ2v) is 3.92. The average molecular weight is 219 g/mol. The number of aromatic hydroxyl groups is 1. The second kappa shape index (κ2) is 3.52. The number of aryl methyl sites for hydroxylation is 1. The van der Waals surface area contributed by atoms with Crippen molar-refractivity contribution in [2.24, 2.45) is 7.05 Å². The summed E-state index contributed by atoms with van der Waals surface area (Å²) in [6, 6.07) is 3.17. The van der Waals surface area contributed by atoms with Gasteiger partial charge in [0.05, 0.1) is 11.8 Å². The van der Waals surface area contributed by atoms with Gasteiger partial charge in [0, 0.05) is 26.7 Å². The van der Waals surface area contributed by atoms with Crippen LogP contribution in [0.15, 0.2) is 18.5 Å². The molecule has 84 valence electrons. The minimum Gasteiger partial charge on any atom is -0.506 e. The van der Waals surface area contributed by atoms with Crippen LogP contribution in [0.2, 0.25) is 0 Å². The van der Waals surface area contributed by atoms with Crippen molar-refractivity contribution >= 4 is 16.9 Å². The van der Waals surface area contributed by atoms with Gasteiger partial charge >= 0.3 is 0 Å². The highest BCUT2D eigenvalue weighted by Gasteiger charge is 2.13. The first-order valence-electron chi connectivity index (χ1n) is 4.86. The summed E-state index contributed by atoms with van der Waals surface area (Å²) >= 11 is 0. The molecule has 1 amide bonds. The van der Waals surface area contributed by atoms with Crippen molar-refractivity contribution in [1.29, 1.82) is 0 Å². The van der Waals surface area contributed by atoms with Gasteiger partial charge in [-0.1, -0.05) is 0 Å². The van der Waals surface area contributed by atoms with Gasteiger partial charge in [-0.05, 0) is 12.1 Å². The van der Waals surface area contributed by atoms with E-state index in [1.807, 2.05) is 7.05 Å². The molecule has 0 aliphatic rings. The Labute approximate surface area is 92.9 Å². The highest BCUT2D eigenvalue weighted by molar-refractivity contribution is 5.98. The van der Waals surface area contributed by atoms with Crippen LogP contribution >= 0.6 is 0 Å². The molecule has 0 atom stereocenters. The van der Waals surface area contributed by atoms with Crippen LogP contribution in [0.3, 0.4) is 0 Å². The first kappa shape index (κ1) is 10.5. The van der Waals surface area contributed by atoms with Crippen molar-refractivity contribution in [3.8, 4) is 5.75 Å². The lowest BCUT2D eigenvalue weighted by molar-refractivity contribution is 0.0827. The topological polar surface area (TPSA) is 58.4 Å². The molecule has 1 aromatic carbocycles. The van der Waals surface area contributed by atoms with E-state index in [9.17, 15) is 9.90 Å². The number of phenolic OH excluding ortho intramolecular Hbond substituents is 1. The van der Waals surface area contributed by atoms with Gasteiger partial charge in [0.15, 0.2) is 0 Å². The maximum atomic E-state index is 11.8. The molecule has 0 spiro atoms. The number of carbonyl (C=O) groups excluding carboxylic acids is 1. The molecule has 0 radical (unpaired) electrons. The lowest BCUT2D eigenvalue weighted by Crippen LogP contribution is -2.21. The number of phenols is 1. The SMILES string of the molecule is CN(C)C(=O)c1cc(O)c2ncn(C)c2c1. The third kappa shape index (κ3) is 1.50. The van der Waals surface area contributed by atoms with Gasteiger partial charge in [-0.2, -0.15) is 0 Å². The molecule has 0 aliphatic heterocycles. The van der Waals surface area contributed by atoms with Crippen LogP contribution in [0.4, 0.5) is 0 Å². The van der Waals surface area contributed by atoms with Gasteiger partial charge in [-0.15, -0.1) is 0 Å². The molecular weight excluding hydrogens is 206 g/mol. The van der Waals surface area contributed by atoms with Gasteiger partial charge in [0.25, 0.3) is 5.91 Å². The lowest BCUT2D eigenvalue weighted by Gasteiger charge is -2.10. The number of hydrogen-bond donors (Lipinski definition) is 1. The minimum atomic E-state index is -0.140. The predicted molar refractivity (Wildman–Crippen MR) is 60.4 cm³/mol. The van der Waals surface area contributed by atoms with Crippen LogP contribution in [0.1, 0.15) is 10.4 Å². The van der Waals surface area contributed by atoms with Crippen LogP contribution in [-0.2, 0) is 7.05 Å². The number of nitrogens with zero attached hydrogens (tertiary/aromatic N) is 3. The fourth-order valence-corrected chi connectivity index (χ4v) is 1.59. The van der Waals surface area contributed by atoms with E-state index in [0.717, 1.165) is 5.52 Å². The zero-order chi connectivity index (χ0) is 11.9. The van der Waals surface area contributed by atoms with Gasteiger partial charge in [-0.3, -0.25) is 4.79 Å². The Morgan fingerprint density at radius 3 is 2.75 bits per heavy atom. The molecule has 1 N–H and O–H groups in total. The fourth-order valence-electron chi connectivity index (χ4n) is 1.59. The summed E-state index contributed by atoms with van der Waals surface area (Å²) < 4.78 is 1.77. The Balaban J connectivity index is 2.65. The first-order chi connectivity index (χ1) is 7.50. The summed E-state index contributed by atoms with van der Waals surface area (Å²) in [6.45, 7) is 0. The molecule has 16 heavy (non-hydrogen) atoms. The first-order valence-corrected chi connectivity index (χ1v) is 4.86. The summed E-state index contributed by atoms with van der Waals surface area (Å²) in [5, 5.41) is 9.75. The highest BCUT2D eigenvalue weighted by atomic mass is 16.3. The van der Waals surface area contributed by atoms with Crippen molar-refractivity contribution in [2.45, 2.75) is 0 Å². The van der Waals surface area contributed by atoms with Crippen LogP contribution in [0.25, 0.3) is 11.0 Å². The molecular formula is C11H13N3O2. The number of aromatic nitrogens is 2. The molecule has 0 aliphatic carbocycles. The molecule has 0 saturated carbocycles. The van der Waals surface area contributed by atoms with Crippen molar-refractivity contribution in [1.82, 2.24) is 14.5 Å². The number of fused-ring (bicyclic) bond motifs is 1. The molecule has 0 bridgehead atoms. The summed E-state index contributed by atoms with van der Waals surface area (Å²) in [4.78, 5) is 17.3. The molecule has 5 heteroatoms. The van der Waals surface area contributed by atoms with Crippen molar-refractivity contribution in [3.63, 3.8) is 0 Å². The van der Waals surface area contributed by atoms with E-state index in [2.05, 4.69) is 4.98 Å². The Hall–Kier alpha value is -2.04. The maximum Gasteiger partial charge on any atom is 0.253 e.